The van der Waals surface area contributed by atoms with Crippen molar-refractivity contribution >= 4 is 22.8 Å². The second-order valence-corrected chi connectivity index (χ2v) is 9.47. The largest absolute Gasteiger partial charge is 0.480 e. The van der Waals surface area contributed by atoms with Gasteiger partial charge in [0.25, 0.3) is 5.56 Å². The summed E-state index contributed by atoms with van der Waals surface area (Å²) in [4.78, 5) is 24.7. The Morgan fingerprint density at radius 3 is 2.94 bits per heavy atom. The van der Waals surface area contributed by atoms with Gasteiger partial charge in [-0.2, -0.15) is 5.26 Å². The van der Waals surface area contributed by atoms with Gasteiger partial charge in [0.1, 0.15) is 12.0 Å². The van der Waals surface area contributed by atoms with Crippen molar-refractivity contribution < 1.29 is 4.74 Å². The van der Waals surface area contributed by atoms with Crippen LogP contribution in [0.1, 0.15) is 29.7 Å². The van der Waals surface area contributed by atoms with Crippen molar-refractivity contribution in [1.82, 2.24) is 24.8 Å². The molecule has 5 rings (SSSR count). The van der Waals surface area contributed by atoms with Crippen LogP contribution in [0.4, 0.5) is 0 Å². The lowest BCUT2D eigenvalue weighted by atomic mass is 10.0. The molecule has 3 aromatic rings. The molecular weight excluding hydrogens is 436 g/mol. The summed E-state index contributed by atoms with van der Waals surface area (Å²) in [6.07, 6.45) is 6.31. The van der Waals surface area contributed by atoms with E-state index in [4.69, 9.17) is 4.74 Å². The van der Waals surface area contributed by atoms with Gasteiger partial charge in [0, 0.05) is 38.4 Å². The Morgan fingerprint density at radius 2 is 2.12 bits per heavy atom. The summed E-state index contributed by atoms with van der Waals surface area (Å²) < 4.78 is 7.11. The van der Waals surface area contributed by atoms with Gasteiger partial charge in [-0.3, -0.25) is 14.8 Å². The summed E-state index contributed by atoms with van der Waals surface area (Å²) in [5, 5.41) is 13.3. The molecule has 1 saturated heterocycles. The number of thioether (sulfide) groups is 1. The molecule has 0 bridgehead atoms. The van der Waals surface area contributed by atoms with E-state index in [2.05, 4.69) is 32.3 Å². The first-order chi connectivity index (χ1) is 16.1. The second kappa shape index (κ2) is 9.51. The van der Waals surface area contributed by atoms with Gasteiger partial charge in [-0.05, 0) is 50.0 Å². The number of hydrogen-bond acceptors (Lipinski definition) is 8. The van der Waals surface area contributed by atoms with E-state index in [0.29, 0.717) is 17.5 Å². The number of nitriles is 1. The zero-order chi connectivity index (χ0) is 22.8. The number of aromatic nitrogens is 3. The molecule has 0 spiro atoms. The normalized spacial score (nSPS) is 16.5. The molecular formula is C24H26N6O2S. The molecule has 0 saturated carbocycles. The summed E-state index contributed by atoms with van der Waals surface area (Å²) >= 11 is 1.71. The predicted molar refractivity (Wildman–Crippen MR) is 127 cm³/mol. The molecule has 0 aliphatic carbocycles. The van der Waals surface area contributed by atoms with Crippen molar-refractivity contribution in [3.63, 3.8) is 0 Å². The van der Waals surface area contributed by atoms with Crippen molar-refractivity contribution in [3.05, 3.63) is 57.8 Å². The molecule has 2 aliphatic rings. The number of piperidine rings is 1. The van der Waals surface area contributed by atoms with Crippen LogP contribution < -0.4 is 15.6 Å². The predicted octanol–water partition coefficient (Wildman–Crippen LogP) is 2.44. The Kier molecular flexibility index (Phi) is 6.31. The minimum absolute atomic E-state index is 0.0866. The maximum absolute atomic E-state index is 12.2. The quantitative estimate of drug-likeness (QED) is 0.597. The van der Waals surface area contributed by atoms with E-state index in [9.17, 15) is 10.1 Å². The molecule has 2 aliphatic heterocycles. The maximum Gasteiger partial charge on any atom is 0.250 e. The fourth-order valence-electron chi connectivity index (χ4n) is 4.59. The minimum atomic E-state index is -0.0866. The number of pyridine rings is 3. The lowest BCUT2D eigenvalue weighted by Gasteiger charge is -2.32. The highest BCUT2D eigenvalue weighted by atomic mass is 32.2. The van der Waals surface area contributed by atoms with Crippen LogP contribution in [0.2, 0.25) is 0 Å². The zero-order valence-electron chi connectivity index (χ0n) is 18.6. The molecule has 0 radical (unpaired) electrons. The topological polar surface area (TPSA) is 96.1 Å². The lowest BCUT2D eigenvalue weighted by molar-refractivity contribution is 0.199. The summed E-state index contributed by atoms with van der Waals surface area (Å²) in [5.41, 5.74) is 3.94. The highest BCUT2D eigenvalue weighted by molar-refractivity contribution is 7.99. The van der Waals surface area contributed by atoms with Crippen molar-refractivity contribution in [1.29, 1.82) is 5.26 Å². The highest BCUT2D eigenvalue weighted by Crippen LogP contribution is 2.35. The summed E-state index contributed by atoms with van der Waals surface area (Å²) in [5.74, 6) is 1.56. The third-order valence-corrected chi connectivity index (χ3v) is 7.38. The Bertz CT molecular complexity index is 1280. The molecule has 8 nitrogen and oxygen atoms in total. The highest BCUT2D eigenvalue weighted by Gasteiger charge is 2.21. The van der Waals surface area contributed by atoms with Crippen LogP contribution in [0.25, 0.3) is 11.0 Å². The summed E-state index contributed by atoms with van der Waals surface area (Å²) in [7, 11) is 1.75. The molecule has 9 heteroatoms. The first-order valence-corrected chi connectivity index (χ1v) is 12.2. The Hall–Kier alpha value is -2.93. The third kappa shape index (κ3) is 4.60. The third-order valence-electron chi connectivity index (χ3n) is 6.51. The van der Waals surface area contributed by atoms with E-state index >= 15 is 0 Å². The molecule has 3 aromatic heterocycles. The fraction of sp³-hybridized carbons (Fsp3) is 0.417. The SMILES string of the molecule is Cn1c(=O)ccc2ncc(C#N)c(CCN3CCC(NCc4cc5c(cn4)OCS5)CC3)c21. The van der Waals surface area contributed by atoms with E-state index in [1.165, 1.54) is 11.0 Å². The minimum Gasteiger partial charge on any atom is -0.480 e. The van der Waals surface area contributed by atoms with Crippen LogP contribution in [0.15, 0.2) is 40.3 Å². The van der Waals surface area contributed by atoms with Crippen LogP contribution in [0, 0.1) is 11.3 Å². The van der Waals surface area contributed by atoms with Gasteiger partial charge in [-0.25, -0.2) is 0 Å². The van der Waals surface area contributed by atoms with Gasteiger partial charge in [0.05, 0.1) is 33.4 Å². The molecule has 1 fully saturated rings. The number of aryl methyl sites for hydroxylation is 1. The number of nitrogens with zero attached hydrogens (tertiary/aromatic N) is 5. The monoisotopic (exact) mass is 462 g/mol. The molecule has 170 valence electrons. The van der Waals surface area contributed by atoms with Crippen molar-refractivity contribution in [2.75, 3.05) is 25.6 Å². The van der Waals surface area contributed by atoms with Gasteiger partial charge in [-0.1, -0.05) is 11.8 Å². The standard InChI is InChI=1S/C24H26N6O2S/c1-29-23(31)3-2-20-24(29)19(16(11-25)12-28-20)6-9-30-7-4-17(5-8-30)26-13-18-10-22-21(14-27-18)32-15-33-22/h2-3,10,12,14,17,26H,4-9,13,15H2,1H3. The van der Waals surface area contributed by atoms with Crippen LogP contribution >= 0.6 is 11.8 Å². The van der Waals surface area contributed by atoms with Crippen LogP contribution in [0.5, 0.6) is 5.75 Å². The molecule has 0 amide bonds. The number of nitrogens with one attached hydrogen (secondary N) is 1. The summed E-state index contributed by atoms with van der Waals surface area (Å²) in [6, 6.07) is 8.10. The molecule has 0 atom stereocenters. The van der Waals surface area contributed by atoms with E-state index in [0.717, 1.165) is 73.5 Å². The van der Waals surface area contributed by atoms with Gasteiger partial charge in [-0.15, -0.1) is 0 Å². The molecule has 33 heavy (non-hydrogen) atoms. The average Bonchev–Trinajstić information content (AvgIpc) is 3.32. The lowest BCUT2D eigenvalue weighted by Crippen LogP contribution is -2.43. The van der Waals surface area contributed by atoms with Crippen molar-refractivity contribution in [2.24, 2.45) is 7.05 Å². The van der Waals surface area contributed by atoms with E-state index < -0.39 is 0 Å². The van der Waals surface area contributed by atoms with Gasteiger partial charge in [0.15, 0.2) is 5.75 Å². The summed E-state index contributed by atoms with van der Waals surface area (Å²) in [6.45, 7) is 3.62. The van der Waals surface area contributed by atoms with Crippen molar-refractivity contribution in [2.45, 2.75) is 36.7 Å². The number of rotatable bonds is 6. The first kappa shape index (κ1) is 21.9. The van der Waals surface area contributed by atoms with Crippen LogP contribution in [-0.4, -0.2) is 51.0 Å². The van der Waals surface area contributed by atoms with Crippen LogP contribution in [-0.2, 0) is 20.0 Å². The number of likely N-dealkylation sites (tertiary alicyclic amines) is 1. The Balaban J connectivity index is 1.18. The van der Waals surface area contributed by atoms with Gasteiger partial charge < -0.3 is 19.5 Å². The van der Waals surface area contributed by atoms with Crippen molar-refractivity contribution in [3.8, 4) is 11.8 Å². The van der Waals surface area contributed by atoms with Gasteiger partial charge >= 0.3 is 0 Å². The van der Waals surface area contributed by atoms with E-state index in [-0.39, 0.29) is 5.56 Å². The number of fused-ring (bicyclic) bond motifs is 2. The molecule has 1 N–H and O–H groups in total. The zero-order valence-corrected chi connectivity index (χ0v) is 19.4. The number of hydrogen-bond donors (Lipinski definition) is 1. The first-order valence-electron chi connectivity index (χ1n) is 11.2. The Morgan fingerprint density at radius 1 is 1.27 bits per heavy atom. The average molecular weight is 463 g/mol. The van der Waals surface area contributed by atoms with E-state index in [1.807, 2.05) is 6.20 Å². The fourth-order valence-corrected chi connectivity index (χ4v) is 5.38. The maximum atomic E-state index is 12.2. The molecule has 5 heterocycles. The van der Waals surface area contributed by atoms with E-state index in [1.54, 1.807) is 35.6 Å². The molecule has 0 aromatic carbocycles. The number of ether oxygens (including phenoxy) is 1. The molecule has 0 unspecified atom stereocenters. The smallest absolute Gasteiger partial charge is 0.250 e. The second-order valence-electron chi connectivity index (χ2n) is 8.50. The van der Waals surface area contributed by atoms with Gasteiger partial charge in [0.2, 0.25) is 0 Å². The Labute approximate surface area is 196 Å². The van der Waals surface area contributed by atoms with Crippen LogP contribution in [0.3, 0.4) is 0 Å².